The fourth-order valence-electron chi connectivity index (χ4n) is 1.88. The molecule has 26 heavy (non-hydrogen) atoms. The Kier molecular flexibility index (Phi) is 6.87. The number of hydrazone groups is 2. The molecule has 0 bridgehead atoms. The van der Waals surface area contributed by atoms with Crippen molar-refractivity contribution in [2.24, 2.45) is 10.2 Å². The van der Waals surface area contributed by atoms with Crippen LogP contribution in [0.2, 0.25) is 0 Å². The van der Waals surface area contributed by atoms with Gasteiger partial charge in [-0.05, 0) is 35.4 Å². The van der Waals surface area contributed by atoms with Gasteiger partial charge in [-0.15, -0.1) is 0 Å². The van der Waals surface area contributed by atoms with Gasteiger partial charge >= 0.3 is 11.8 Å². The molecule has 0 aliphatic heterocycles. The Hall–Kier alpha value is -3.68. The molecule has 0 saturated carbocycles. The van der Waals surface area contributed by atoms with Crippen LogP contribution in [0.15, 0.2) is 58.7 Å². The van der Waals surface area contributed by atoms with Crippen LogP contribution >= 0.6 is 0 Å². The first-order valence-corrected chi connectivity index (χ1v) is 7.57. The standard InChI is InChI=1S/C18H18N4O4/c1-25-15-7-3-5-13(9-15)11-19-21-17(23)18(24)22-20-12-14-6-4-8-16(10-14)26-2/h3-12H,1-2H3,(H,21,23)(H,22,24). The van der Waals surface area contributed by atoms with E-state index >= 15 is 0 Å². The van der Waals surface area contributed by atoms with Gasteiger partial charge in [0.15, 0.2) is 0 Å². The second-order valence-corrected chi connectivity index (χ2v) is 4.95. The number of rotatable bonds is 6. The number of amides is 2. The predicted molar refractivity (Wildman–Crippen MR) is 97.5 cm³/mol. The molecule has 0 atom stereocenters. The van der Waals surface area contributed by atoms with Crippen LogP contribution in [-0.2, 0) is 9.59 Å². The maximum atomic E-state index is 11.6. The van der Waals surface area contributed by atoms with Gasteiger partial charge in [0.25, 0.3) is 0 Å². The zero-order valence-electron chi connectivity index (χ0n) is 14.3. The number of hydrogen-bond acceptors (Lipinski definition) is 6. The summed E-state index contributed by atoms with van der Waals surface area (Å²) < 4.78 is 10.2. The number of benzene rings is 2. The lowest BCUT2D eigenvalue weighted by molar-refractivity contribution is -0.139. The van der Waals surface area contributed by atoms with E-state index in [2.05, 4.69) is 21.1 Å². The highest BCUT2D eigenvalue weighted by Gasteiger charge is 2.11. The molecular formula is C18H18N4O4. The van der Waals surface area contributed by atoms with Crippen molar-refractivity contribution in [3.8, 4) is 11.5 Å². The third kappa shape index (κ3) is 5.75. The van der Waals surface area contributed by atoms with Gasteiger partial charge in [0.1, 0.15) is 11.5 Å². The molecule has 0 unspecified atom stereocenters. The Balaban J connectivity index is 1.84. The van der Waals surface area contributed by atoms with Gasteiger partial charge < -0.3 is 9.47 Å². The summed E-state index contributed by atoms with van der Waals surface area (Å²) in [7, 11) is 3.10. The lowest BCUT2D eigenvalue weighted by atomic mass is 10.2. The predicted octanol–water partition coefficient (Wildman–Crippen LogP) is 1.30. The average molecular weight is 354 g/mol. The first kappa shape index (κ1) is 18.7. The molecule has 0 aliphatic carbocycles. The minimum atomic E-state index is -0.938. The van der Waals surface area contributed by atoms with Crippen LogP contribution in [0.4, 0.5) is 0 Å². The maximum Gasteiger partial charge on any atom is 0.331 e. The van der Waals surface area contributed by atoms with Gasteiger partial charge in [-0.25, -0.2) is 10.9 Å². The SMILES string of the molecule is COc1cccc(C=NNC(=O)C(=O)NN=Cc2cccc(OC)c2)c1. The molecule has 134 valence electrons. The Labute approximate surface area is 150 Å². The number of ether oxygens (including phenoxy) is 2. The summed E-state index contributed by atoms with van der Waals surface area (Å²) in [6.45, 7) is 0. The van der Waals surface area contributed by atoms with Gasteiger partial charge in [0.2, 0.25) is 0 Å². The second-order valence-electron chi connectivity index (χ2n) is 4.95. The van der Waals surface area contributed by atoms with E-state index in [0.29, 0.717) is 22.6 Å². The summed E-state index contributed by atoms with van der Waals surface area (Å²) in [5.74, 6) is -0.561. The third-order valence-electron chi connectivity index (χ3n) is 3.15. The third-order valence-corrected chi connectivity index (χ3v) is 3.15. The van der Waals surface area contributed by atoms with Crippen molar-refractivity contribution in [3.05, 3.63) is 59.7 Å². The largest absolute Gasteiger partial charge is 0.497 e. The van der Waals surface area contributed by atoms with Crippen LogP contribution < -0.4 is 20.3 Å². The monoisotopic (exact) mass is 354 g/mol. The number of methoxy groups -OCH3 is 2. The van der Waals surface area contributed by atoms with Crippen molar-refractivity contribution >= 4 is 24.2 Å². The summed E-state index contributed by atoms with van der Waals surface area (Å²) in [6, 6.07) is 14.1. The van der Waals surface area contributed by atoms with Crippen molar-refractivity contribution in [1.82, 2.24) is 10.9 Å². The van der Waals surface area contributed by atoms with Gasteiger partial charge in [-0.3, -0.25) is 9.59 Å². The van der Waals surface area contributed by atoms with Crippen molar-refractivity contribution in [2.75, 3.05) is 14.2 Å². The molecule has 0 heterocycles. The lowest BCUT2D eigenvalue weighted by Gasteiger charge is -2.01. The van der Waals surface area contributed by atoms with E-state index < -0.39 is 11.8 Å². The van der Waals surface area contributed by atoms with Crippen LogP contribution in [0.5, 0.6) is 11.5 Å². The van der Waals surface area contributed by atoms with Crippen molar-refractivity contribution < 1.29 is 19.1 Å². The highest BCUT2D eigenvalue weighted by molar-refractivity contribution is 6.35. The average Bonchev–Trinajstić information content (AvgIpc) is 2.68. The molecule has 8 nitrogen and oxygen atoms in total. The zero-order valence-corrected chi connectivity index (χ0v) is 14.3. The Morgan fingerprint density at radius 3 is 1.62 bits per heavy atom. The lowest BCUT2D eigenvalue weighted by Crippen LogP contribution is -2.35. The van der Waals surface area contributed by atoms with Crippen molar-refractivity contribution in [2.45, 2.75) is 0 Å². The number of nitrogens with zero attached hydrogens (tertiary/aromatic N) is 2. The molecule has 0 radical (unpaired) electrons. The molecule has 0 saturated heterocycles. The zero-order chi connectivity index (χ0) is 18.8. The second kappa shape index (κ2) is 9.58. The number of carbonyl (C=O) groups is 2. The fraction of sp³-hybridized carbons (Fsp3) is 0.111. The number of carbonyl (C=O) groups excluding carboxylic acids is 2. The van der Waals surface area contributed by atoms with E-state index in [4.69, 9.17) is 9.47 Å². The van der Waals surface area contributed by atoms with Gasteiger partial charge in [-0.1, -0.05) is 24.3 Å². The summed E-state index contributed by atoms with van der Waals surface area (Å²) in [5, 5.41) is 7.44. The molecule has 2 N–H and O–H groups in total. The maximum absolute atomic E-state index is 11.6. The van der Waals surface area contributed by atoms with Crippen molar-refractivity contribution in [3.63, 3.8) is 0 Å². The van der Waals surface area contributed by atoms with Crippen LogP contribution in [0.1, 0.15) is 11.1 Å². The molecule has 2 rings (SSSR count). The summed E-state index contributed by atoms with van der Waals surface area (Å²) in [5.41, 5.74) is 5.66. The van der Waals surface area contributed by atoms with E-state index in [1.807, 2.05) is 0 Å². The van der Waals surface area contributed by atoms with E-state index in [1.165, 1.54) is 12.4 Å². The van der Waals surface area contributed by atoms with E-state index in [-0.39, 0.29) is 0 Å². The van der Waals surface area contributed by atoms with Crippen LogP contribution in [-0.4, -0.2) is 38.5 Å². The fourth-order valence-corrected chi connectivity index (χ4v) is 1.88. The Bertz CT molecular complexity index is 764. The van der Waals surface area contributed by atoms with Gasteiger partial charge in [0, 0.05) is 0 Å². The molecule has 8 heteroatoms. The molecular weight excluding hydrogens is 336 g/mol. The smallest absolute Gasteiger partial charge is 0.331 e. The minimum absolute atomic E-state index is 0.657. The van der Waals surface area contributed by atoms with Crippen molar-refractivity contribution in [1.29, 1.82) is 0 Å². The Morgan fingerprint density at radius 1 is 0.808 bits per heavy atom. The first-order chi connectivity index (χ1) is 12.6. The summed E-state index contributed by atoms with van der Waals surface area (Å²) >= 11 is 0. The summed E-state index contributed by atoms with van der Waals surface area (Å²) in [4.78, 5) is 23.3. The highest BCUT2D eigenvalue weighted by Crippen LogP contribution is 2.11. The van der Waals surface area contributed by atoms with E-state index in [0.717, 1.165) is 0 Å². The molecule has 2 amide bonds. The van der Waals surface area contributed by atoms with Gasteiger partial charge in [-0.2, -0.15) is 10.2 Å². The molecule has 0 fully saturated rings. The normalized spacial score (nSPS) is 10.7. The molecule has 2 aromatic rings. The van der Waals surface area contributed by atoms with Crippen LogP contribution in [0.25, 0.3) is 0 Å². The topological polar surface area (TPSA) is 101 Å². The van der Waals surface area contributed by atoms with Crippen LogP contribution in [0.3, 0.4) is 0 Å². The van der Waals surface area contributed by atoms with Crippen LogP contribution in [0, 0.1) is 0 Å². The molecule has 2 aromatic carbocycles. The summed E-state index contributed by atoms with van der Waals surface area (Å²) in [6.07, 6.45) is 2.79. The van der Waals surface area contributed by atoms with E-state index in [9.17, 15) is 9.59 Å². The Morgan fingerprint density at radius 2 is 1.23 bits per heavy atom. The molecule has 0 aromatic heterocycles. The van der Waals surface area contributed by atoms with E-state index in [1.54, 1.807) is 62.8 Å². The minimum Gasteiger partial charge on any atom is -0.497 e. The molecule has 0 spiro atoms. The first-order valence-electron chi connectivity index (χ1n) is 7.57. The highest BCUT2D eigenvalue weighted by atomic mass is 16.5. The number of nitrogens with one attached hydrogen (secondary N) is 2. The molecule has 0 aliphatic rings. The number of hydrogen-bond donors (Lipinski definition) is 2. The van der Waals surface area contributed by atoms with Gasteiger partial charge in [0.05, 0.1) is 26.6 Å². The quantitative estimate of drug-likeness (QED) is 0.464.